The van der Waals surface area contributed by atoms with E-state index in [0.717, 1.165) is 31.0 Å². The summed E-state index contributed by atoms with van der Waals surface area (Å²) in [6.07, 6.45) is 1.04. The molecule has 0 unspecified atom stereocenters. The Bertz CT molecular complexity index is 546. The van der Waals surface area contributed by atoms with Gasteiger partial charge in [-0.25, -0.2) is 0 Å². The zero-order chi connectivity index (χ0) is 14.9. The van der Waals surface area contributed by atoms with Crippen LogP contribution >= 0.6 is 17.0 Å². The highest BCUT2D eigenvalue weighted by Gasteiger charge is 2.05. The maximum absolute atomic E-state index is 5.59. The van der Waals surface area contributed by atoms with Gasteiger partial charge in [0.25, 0.3) is 0 Å². The molecule has 0 saturated heterocycles. The van der Waals surface area contributed by atoms with Crippen LogP contribution in [-0.2, 0) is 13.0 Å². The second kappa shape index (κ2) is 10.2. The van der Waals surface area contributed by atoms with Crippen LogP contribution in [0.25, 0.3) is 0 Å². The van der Waals surface area contributed by atoms with E-state index in [2.05, 4.69) is 35.6 Å². The van der Waals surface area contributed by atoms with Crippen molar-refractivity contribution in [1.82, 2.24) is 5.32 Å². The Balaban J connectivity index is 0.00000242. The number of hydrogen-bond donors (Lipinski definition) is 1. The highest BCUT2D eigenvalue weighted by atomic mass is 79.9. The fraction of sp³-hybridized carbons (Fsp3) is 0.333. The molecule has 0 atom stereocenters. The first kappa shape index (κ1) is 18.5. The minimum atomic E-state index is 0. The van der Waals surface area contributed by atoms with Gasteiger partial charge in [0.15, 0.2) is 11.5 Å². The number of benzene rings is 2. The summed E-state index contributed by atoms with van der Waals surface area (Å²) in [4.78, 5) is 0. The topological polar surface area (TPSA) is 30.5 Å². The van der Waals surface area contributed by atoms with Crippen molar-refractivity contribution in [3.05, 3.63) is 59.7 Å². The molecule has 0 saturated carbocycles. The summed E-state index contributed by atoms with van der Waals surface area (Å²) in [5, 5.41) is 3.46. The van der Waals surface area contributed by atoms with Gasteiger partial charge in [-0.3, -0.25) is 0 Å². The Hall–Kier alpha value is -1.52. The zero-order valence-corrected chi connectivity index (χ0v) is 14.9. The quantitative estimate of drug-likeness (QED) is 0.717. The van der Waals surface area contributed by atoms with Gasteiger partial charge in [-0.15, -0.1) is 17.0 Å². The number of halogens is 1. The second-order valence-corrected chi connectivity index (χ2v) is 4.83. The zero-order valence-electron chi connectivity index (χ0n) is 13.2. The van der Waals surface area contributed by atoms with Gasteiger partial charge in [-0.2, -0.15) is 0 Å². The lowest BCUT2D eigenvalue weighted by Gasteiger charge is -2.11. The van der Waals surface area contributed by atoms with Gasteiger partial charge < -0.3 is 14.8 Å². The van der Waals surface area contributed by atoms with Crippen molar-refractivity contribution >= 4 is 17.0 Å². The van der Waals surface area contributed by atoms with E-state index in [9.17, 15) is 0 Å². The number of methoxy groups -OCH3 is 1. The molecule has 0 heterocycles. The van der Waals surface area contributed by atoms with Crippen LogP contribution in [0, 0.1) is 0 Å². The van der Waals surface area contributed by atoms with Gasteiger partial charge in [0.05, 0.1) is 13.7 Å². The Labute approximate surface area is 143 Å². The van der Waals surface area contributed by atoms with Gasteiger partial charge in [0.1, 0.15) is 0 Å². The van der Waals surface area contributed by atoms with Crippen molar-refractivity contribution in [1.29, 1.82) is 0 Å². The van der Waals surface area contributed by atoms with Crippen molar-refractivity contribution in [2.24, 2.45) is 0 Å². The third-order valence-corrected chi connectivity index (χ3v) is 3.29. The van der Waals surface area contributed by atoms with Gasteiger partial charge in [0, 0.05) is 6.54 Å². The molecule has 0 aliphatic rings. The first-order valence-corrected chi connectivity index (χ1v) is 7.38. The van der Waals surface area contributed by atoms with E-state index in [-0.39, 0.29) is 17.0 Å². The van der Waals surface area contributed by atoms with E-state index in [0.29, 0.717) is 6.61 Å². The van der Waals surface area contributed by atoms with Crippen LogP contribution in [0.1, 0.15) is 18.1 Å². The van der Waals surface area contributed by atoms with Gasteiger partial charge in [0.2, 0.25) is 0 Å². The highest BCUT2D eigenvalue weighted by molar-refractivity contribution is 8.93. The first-order valence-electron chi connectivity index (χ1n) is 7.38. The summed E-state index contributed by atoms with van der Waals surface area (Å²) >= 11 is 0. The predicted octanol–water partition coefficient (Wildman–Crippen LogP) is 4.00. The van der Waals surface area contributed by atoms with E-state index in [4.69, 9.17) is 9.47 Å². The number of hydrogen-bond acceptors (Lipinski definition) is 3. The molecule has 2 rings (SSSR count). The molecule has 0 aromatic heterocycles. The van der Waals surface area contributed by atoms with Crippen molar-refractivity contribution in [3.63, 3.8) is 0 Å². The molecular weight excluding hydrogens is 342 g/mol. The summed E-state index contributed by atoms with van der Waals surface area (Å²) in [6.45, 7) is 4.41. The number of nitrogens with one attached hydrogen (secondary N) is 1. The van der Waals surface area contributed by atoms with E-state index < -0.39 is 0 Å². The van der Waals surface area contributed by atoms with Crippen molar-refractivity contribution in [2.45, 2.75) is 19.9 Å². The smallest absolute Gasteiger partial charge is 0.161 e. The van der Waals surface area contributed by atoms with Gasteiger partial charge in [-0.05, 0) is 43.1 Å². The summed E-state index contributed by atoms with van der Waals surface area (Å²) in [6, 6.07) is 16.6. The van der Waals surface area contributed by atoms with Crippen LogP contribution in [0.3, 0.4) is 0 Å². The molecule has 4 heteroatoms. The van der Waals surface area contributed by atoms with Crippen LogP contribution in [0.15, 0.2) is 48.5 Å². The van der Waals surface area contributed by atoms with Gasteiger partial charge >= 0.3 is 0 Å². The number of rotatable bonds is 8. The molecule has 0 spiro atoms. The molecule has 2 aromatic carbocycles. The van der Waals surface area contributed by atoms with Crippen molar-refractivity contribution in [3.8, 4) is 11.5 Å². The minimum absolute atomic E-state index is 0. The van der Waals surface area contributed by atoms with Crippen molar-refractivity contribution < 1.29 is 9.47 Å². The average molecular weight is 366 g/mol. The standard InChI is InChI=1S/C18H23NO2.BrH/c1-3-21-18-13-16(9-10-17(18)20-2)14-19-12-11-15-7-5-4-6-8-15;/h4-10,13,19H,3,11-12,14H2,1-2H3;1H. The lowest BCUT2D eigenvalue weighted by atomic mass is 10.1. The van der Waals surface area contributed by atoms with E-state index in [1.165, 1.54) is 11.1 Å². The molecule has 0 aliphatic heterocycles. The Morgan fingerprint density at radius 2 is 1.73 bits per heavy atom. The van der Waals surface area contributed by atoms with E-state index in [1.54, 1.807) is 7.11 Å². The lowest BCUT2D eigenvalue weighted by Crippen LogP contribution is -2.16. The van der Waals surface area contributed by atoms with Crippen LogP contribution in [-0.4, -0.2) is 20.3 Å². The Morgan fingerprint density at radius 1 is 0.955 bits per heavy atom. The molecule has 0 radical (unpaired) electrons. The highest BCUT2D eigenvalue weighted by Crippen LogP contribution is 2.27. The van der Waals surface area contributed by atoms with Crippen LogP contribution in [0.2, 0.25) is 0 Å². The van der Waals surface area contributed by atoms with Gasteiger partial charge in [-0.1, -0.05) is 36.4 Å². The molecule has 0 amide bonds. The summed E-state index contributed by atoms with van der Waals surface area (Å²) < 4.78 is 10.9. The lowest BCUT2D eigenvalue weighted by molar-refractivity contribution is 0.310. The number of ether oxygens (including phenoxy) is 2. The molecular formula is C18H24BrNO2. The monoisotopic (exact) mass is 365 g/mol. The molecule has 0 bridgehead atoms. The molecule has 2 aromatic rings. The van der Waals surface area contributed by atoms with E-state index >= 15 is 0 Å². The summed E-state index contributed by atoms with van der Waals surface area (Å²) in [5.41, 5.74) is 2.56. The first-order chi connectivity index (χ1) is 10.3. The molecule has 0 aliphatic carbocycles. The summed E-state index contributed by atoms with van der Waals surface area (Å²) in [7, 11) is 1.66. The SMILES string of the molecule is Br.CCOc1cc(CNCCc2ccccc2)ccc1OC. The summed E-state index contributed by atoms with van der Waals surface area (Å²) in [5.74, 6) is 1.59. The fourth-order valence-electron chi connectivity index (χ4n) is 2.21. The molecule has 0 fully saturated rings. The van der Waals surface area contributed by atoms with Crippen LogP contribution in [0.4, 0.5) is 0 Å². The molecule has 1 N–H and O–H groups in total. The molecule has 22 heavy (non-hydrogen) atoms. The second-order valence-electron chi connectivity index (χ2n) is 4.83. The van der Waals surface area contributed by atoms with E-state index in [1.807, 2.05) is 25.1 Å². The fourth-order valence-corrected chi connectivity index (χ4v) is 2.21. The largest absolute Gasteiger partial charge is 0.493 e. The average Bonchev–Trinajstić information content (AvgIpc) is 2.53. The maximum Gasteiger partial charge on any atom is 0.161 e. The Morgan fingerprint density at radius 3 is 2.41 bits per heavy atom. The third kappa shape index (κ3) is 5.70. The van der Waals surface area contributed by atoms with Crippen LogP contribution in [0.5, 0.6) is 11.5 Å². The van der Waals surface area contributed by atoms with Crippen molar-refractivity contribution in [2.75, 3.05) is 20.3 Å². The molecule has 3 nitrogen and oxygen atoms in total. The minimum Gasteiger partial charge on any atom is -0.493 e. The normalized spacial score (nSPS) is 9.91. The van der Waals surface area contributed by atoms with Crippen LogP contribution < -0.4 is 14.8 Å². The molecule has 120 valence electrons. The maximum atomic E-state index is 5.59. The predicted molar refractivity (Wildman–Crippen MR) is 96.3 cm³/mol. The Kier molecular flexibility index (Phi) is 8.63. The third-order valence-electron chi connectivity index (χ3n) is 3.29.